The molecule has 1 amide bonds. The molecule has 0 saturated heterocycles. The summed E-state index contributed by atoms with van der Waals surface area (Å²) in [6.07, 6.45) is 0. The molecular weight excluding hydrogens is 380 g/mol. The smallest absolute Gasteiger partial charge is 0.230 e. The topological polar surface area (TPSA) is 50.8 Å². The van der Waals surface area contributed by atoms with Crippen LogP contribution in [-0.2, 0) is 4.79 Å². The standard InChI is InChI=1S/C20H26N2O3S2/c1-3-22(4-2)17(15-7-10-26-13-15)12-21-20(23)14-27-16-5-6-18-19(11-16)25-9-8-24-18/h5-7,10-11,13,17H,3-4,8-9,12,14H2,1-2H3,(H,21,23). The van der Waals surface area contributed by atoms with Crippen molar-refractivity contribution in [3.05, 3.63) is 40.6 Å². The van der Waals surface area contributed by atoms with Crippen LogP contribution in [0.1, 0.15) is 25.5 Å². The van der Waals surface area contributed by atoms with E-state index in [1.54, 1.807) is 11.3 Å². The van der Waals surface area contributed by atoms with Gasteiger partial charge in [-0.2, -0.15) is 11.3 Å². The summed E-state index contributed by atoms with van der Waals surface area (Å²) in [6.45, 7) is 8.00. The number of fused-ring (bicyclic) bond motifs is 1. The average Bonchev–Trinajstić information content (AvgIpc) is 3.24. The largest absolute Gasteiger partial charge is 0.486 e. The second kappa shape index (κ2) is 10.0. The normalized spacial score (nSPS) is 14.2. The number of thiophene rings is 1. The highest BCUT2D eigenvalue weighted by Gasteiger charge is 2.19. The van der Waals surface area contributed by atoms with Crippen LogP contribution < -0.4 is 14.8 Å². The van der Waals surface area contributed by atoms with Gasteiger partial charge in [-0.05, 0) is 53.7 Å². The van der Waals surface area contributed by atoms with E-state index in [9.17, 15) is 4.79 Å². The van der Waals surface area contributed by atoms with Crippen LogP contribution in [-0.4, -0.2) is 49.4 Å². The summed E-state index contributed by atoms with van der Waals surface area (Å²) in [6, 6.07) is 8.17. The Morgan fingerprint density at radius 1 is 1.22 bits per heavy atom. The predicted octanol–water partition coefficient (Wildman–Crippen LogP) is 3.81. The van der Waals surface area contributed by atoms with Gasteiger partial charge in [0, 0.05) is 11.4 Å². The highest BCUT2D eigenvalue weighted by atomic mass is 32.2. The molecule has 0 saturated carbocycles. The van der Waals surface area contributed by atoms with Gasteiger partial charge in [0.15, 0.2) is 11.5 Å². The average molecular weight is 407 g/mol. The first-order chi connectivity index (χ1) is 13.2. The third-order valence-electron chi connectivity index (χ3n) is 4.56. The Bertz CT molecular complexity index is 733. The number of hydrogen-bond donors (Lipinski definition) is 1. The Morgan fingerprint density at radius 2 is 2.00 bits per heavy atom. The zero-order valence-electron chi connectivity index (χ0n) is 15.8. The molecule has 27 heavy (non-hydrogen) atoms. The molecule has 1 atom stereocenters. The molecular formula is C20H26N2O3S2. The van der Waals surface area contributed by atoms with Gasteiger partial charge >= 0.3 is 0 Å². The number of amides is 1. The number of carbonyl (C=O) groups excluding carboxylic acids is 1. The molecule has 5 nitrogen and oxygen atoms in total. The van der Waals surface area contributed by atoms with Gasteiger partial charge in [0.1, 0.15) is 13.2 Å². The molecule has 0 radical (unpaired) electrons. The minimum Gasteiger partial charge on any atom is -0.486 e. The van der Waals surface area contributed by atoms with E-state index >= 15 is 0 Å². The number of nitrogens with zero attached hydrogens (tertiary/aromatic N) is 1. The summed E-state index contributed by atoms with van der Waals surface area (Å²) in [7, 11) is 0. The highest BCUT2D eigenvalue weighted by Crippen LogP contribution is 2.34. The fraction of sp³-hybridized carbons (Fsp3) is 0.450. The van der Waals surface area contributed by atoms with Crippen LogP contribution in [0, 0.1) is 0 Å². The Hall–Kier alpha value is -1.70. The maximum absolute atomic E-state index is 12.4. The Balaban J connectivity index is 1.52. The van der Waals surface area contributed by atoms with Gasteiger partial charge in [0.25, 0.3) is 0 Å². The van der Waals surface area contributed by atoms with E-state index in [-0.39, 0.29) is 11.9 Å². The molecule has 0 fully saturated rings. The fourth-order valence-corrected chi connectivity index (χ4v) is 4.57. The lowest BCUT2D eigenvalue weighted by Crippen LogP contribution is -2.38. The van der Waals surface area contributed by atoms with Gasteiger partial charge in [-0.3, -0.25) is 9.69 Å². The SMILES string of the molecule is CCN(CC)C(CNC(=O)CSc1ccc2c(c1)OCCO2)c1ccsc1. The minimum atomic E-state index is 0.0438. The van der Waals surface area contributed by atoms with Crippen LogP contribution in [0.4, 0.5) is 0 Å². The van der Waals surface area contributed by atoms with E-state index in [4.69, 9.17) is 9.47 Å². The number of hydrogen-bond acceptors (Lipinski definition) is 6. The van der Waals surface area contributed by atoms with Crippen LogP contribution in [0.5, 0.6) is 11.5 Å². The van der Waals surface area contributed by atoms with Crippen LogP contribution in [0.3, 0.4) is 0 Å². The summed E-state index contributed by atoms with van der Waals surface area (Å²) < 4.78 is 11.1. The van der Waals surface area contributed by atoms with Crippen LogP contribution >= 0.6 is 23.1 Å². The van der Waals surface area contributed by atoms with Crippen molar-refractivity contribution < 1.29 is 14.3 Å². The molecule has 1 aliphatic heterocycles. The fourth-order valence-electron chi connectivity index (χ4n) is 3.11. The lowest BCUT2D eigenvalue weighted by atomic mass is 10.1. The number of rotatable bonds is 9. The first-order valence-corrected chi connectivity index (χ1v) is 11.2. The molecule has 0 bridgehead atoms. The molecule has 0 aliphatic carbocycles. The van der Waals surface area contributed by atoms with Crippen molar-refractivity contribution in [3.8, 4) is 11.5 Å². The molecule has 2 heterocycles. The van der Waals surface area contributed by atoms with Crippen molar-refractivity contribution in [1.29, 1.82) is 0 Å². The van der Waals surface area contributed by atoms with Crippen LogP contribution in [0.15, 0.2) is 39.9 Å². The molecule has 3 rings (SSSR count). The third kappa shape index (κ3) is 5.40. The van der Waals surface area contributed by atoms with Crippen molar-refractivity contribution in [3.63, 3.8) is 0 Å². The van der Waals surface area contributed by atoms with Gasteiger partial charge in [0.2, 0.25) is 5.91 Å². The van der Waals surface area contributed by atoms with Crippen molar-refractivity contribution >= 4 is 29.0 Å². The zero-order valence-corrected chi connectivity index (χ0v) is 17.4. The van der Waals surface area contributed by atoms with Gasteiger partial charge in [-0.15, -0.1) is 11.8 Å². The van der Waals surface area contributed by atoms with Crippen LogP contribution in [0.2, 0.25) is 0 Å². The van der Waals surface area contributed by atoms with Crippen molar-refractivity contribution in [2.75, 3.05) is 38.6 Å². The van der Waals surface area contributed by atoms with Crippen molar-refractivity contribution in [1.82, 2.24) is 10.2 Å². The maximum Gasteiger partial charge on any atom is 0.230 e. The second-order valence-electron chi connectivity index (χ2n) is 6.19. The molecule has 0 spiro atoms. The second-order valence-corrected chi connectivity index (χ2v) is 8.02. The summed E-state index contributed by atoms with van der Waals surface area (Å²) in [4.78, 5) is 15.8. The Kier molecular flexibility index (Phi) is 7.43. The first kappa shape index (κ1) is 20.0. The molecule has 1 aromatic carbocycles. The lowest BCUT2D eigenvalue weighted by molar-refractivity contribution is -0.118. The van der Waals surface area contributed by atoms with E-state index in [0.29, 0.717) is 25.5 Å². The van der Waals surface area contributed by atoms with E-state index in [1.807, 2.05) is 18.2 Å². The monoisotopic (exact) mass is 406 g/mol. The van der Waals surface area contributed by atoms with Gasteiger partial charge in [0.05, 0.1) is 11.8 Å². The number of thioether (sulfide) groups is 1. The molecule has 146 valence electrons. The van der Waals surface area contributed by atoms with Crippen molar-refractivity contribution in [2.24, 2.45) is 0 Å². The third-order valence-corrected chi connectivity index (χ3v) is 6.25. The zero-order chi connectivity index (χ0) is 19.1. The number of carbonyl (C=O) groups is 1. The number of ether oxygens (including phenoxy) is 2. The summed E-state index contributed by atoms with van der Waals surface area (Å²) in [5.74, 6) is 1.95. The van der Waals surface area contributed by atoms with Crippen molar-refractivity contribution in [2.45, 2.75) is 24.8 Å². The van der Waals surface area contributed by atoms with Gasteiger partial charge < -0.3 is 14.8 Å². The lowest BCUT2D eigenvalue weighted by Gasteiger charge is -2.29. The predicted molar refractivity (Wildman–Crippen MR) is 111 cm³/mol. The molecule has 1 aromatic heterocycles. The molecule has 1 aliphatic rings. The quantitative estimate of drug-likeness (QED) is 0.642. The summed E-state index contributed by atoms with van der Waals surface area (Å²) in [5, 5.41) is 7.35. The Labute approximate surface area is 169 Å². The molecule has 1 N–H and O–H groups in total. The Morgan fingerprint density at radius 3 is 2.70 bits per heavy atom. The van der Waals surface area contributed by atoms with E-state index < -0.39 is 0 Å². The number of nitrogens with one attached hydrogen (secondary N) is 1. The maximum atomic E-state index is 12.4. The summed E-state index contributed by atoms with van der Waals surface area (Å²) in [5.41, 5.74) is 1.27. The number of likely N-dealkylation sites (N-methyl/N-ethyl adjacent to an activating group) is 1. The van der Waals surface area contributed by atoms with Gasteiger partial charge in [-0.25, -0.2) is 0 Å². The number of benzene rings is 1. The van der Waals surface area contributed by atoms with Gasteiger partial charge in [-0.1, -0.05) is 13.8 Å². The van der Waals surface area contributed by atoms with E-state index in [1.165, 1.54) is 17.3 Å². The summed E-state index contributed by atoms with van der Waals surface area (Å²) >= 11 is 3.20. The molecule has 7 heteroatoms. The minimum absolute atomic E-state index is 0.0438. The van der Waals surface area contributed by atoms with E-state index in [0.717, 1.165) is 29.5 Å². The first-order valence-electron chi connectivity index (χ1n) is 9.26. The molecule has 2 aromatic rings. The molecule has 1 unspecified atom stereocenters. The van der Waals surface area contributed by atoms with Crippen LogP contribution in [0.25, 0.3) is 0 Å². The van der Waals surface area contributed by atoms with E-state index in [2.05, 4.69) is 40.9 Å². The highest BCUT2D eigenvalue weighted by molar-refractivity contribution is 8.00.